The number of hydrogen-bond acceptors (Lipinski definition) is 7. The van der Waals surface area contributed by atoms with E-state index in [1.165, 1.54) is 0 Å². The first-order chi connectivity index (χ1) is 9.19. The minimum Gasteiger partial charge on any atom is -0.463 e. The Balaban J connectivity index is 2.03. The summed E-state index contributed by atoms with van der Waals surface area (Å²) < 4.78 is 7.24. The molecule has 2 aromatic heterocycles. The average Bonchev–Trinajstić information content (AvgIpc) is 2.79. The molecule has 102 valence electrons. The number of nitrogens with zero attached hydrogens (tertiary/aromatic N) is 5. The van der Waals surface area contributed by atoms with Gasteiger partial charge >= 0.3 is 6.01 Å². The van der Waals surface area contributed by atoms with Gasteiger partial charge in [0.15, 0.2) is 0 Å². The van der Waals surface area contributed by atoms with Crippen LogP contribution < -0.4 is 15.8 Å². The summed E-state index contributed by atoms with van der Waals surface area (Å²) in [5.41, 5.74) is 5.61. The van der Waals surface area contributed by atoms with Gasteiger partial charge in [-0.25, -0.2) is 4.98 Å². The molecule has 3 N–H and O–H groups in total. The van der Waals surface area contributed by atoms with Crippen molar-refractivity contribution in [1.82, 2.24) is 24.5 Å². The fourth-order valence-corrected chi connectivity index (χ4v) is 1.43. The topological polar surface area (TPSA) is 104 Å². The molecule has 0 saturated heterocycles. The molecule has 0 aromatic carbocycles. The zero-order valence-electron chi connectivity index (χ0n) is 11.0. The second kappa shape index (κ2) is 5.98. The third-order valence-electron chi connectivity index (χ3n) is 2.39. The smallest absolute Gasteiger partial charge is 0.323 e. The second-order valence-corrected chi connectivity index (χ2v) is 3.96. The highest BCUT2D eigenvalue weighted by atomic mass is 16.5. The number of ether oxygens (including phenoxy) is 1. The molecule has 0 saturated carbocycles. The van der Waals surface area contributed by atoms with E-state index in [0.29, 0.717) is 19.1 Å². The van der Waals surface area contributed by atoms with E-state index in [4.69, 9.17) is 10.5 Å². The van der Waals surface area contributed by atoms with Crippen LogP contribution in [0.5, 0.6) is 6.01 Å². The standard InChI is InChI=1S/C11H17N7O/c1-3-6-19-11-16-9(12)15-10(17-11)14-7-8-13-4-5-18(8)2/h4-5H,3,6-7H2,1-2H3,(H3,12,14,15,16,17). The molecule has 2 aromatic rings. The minimum atomic E-state index is 0.128. The lowest BCUT2D eigenvalue weighted by molar-refractivity contribution is 0.292. The largest absolute Gasteiger partial charge is 0.463 e. The Labute approximate surface area is 111 Å². The number of nitrogen functional groups attached to an aromatic ring is 1. The van der Waals surface area contributed by atoms with Gasteiger partial charge in [-0.3, -0.25) is 0 Å². The zero-order valence-corrected chi connectivity index (χ0v) is 11.0. The summed E-state index contributed by atoms with van der Waals surface area (Å²) in [4.78, 5) is 16.2. The van der Waals surface area contributed by atoms with Gasteiger partial charge in [0.05, 0.1) is 13.2 Å². The third kappa shape index (κ3) is 3.54. The highest BCUT2D eigenvalue weighted by Crippen LogP contribution is 2.10. The van der Waals surface area contributed by atoms with Gasteiger partial charge in [-0.2, -0.15) is 15.0 Å². The summed E-state index contributed by atoms with van der Waals surface area (Å²) in [6.07, 6.45) is 4.48. The fraction of sp³-hybridized carbons (Fsp3) is 0.455. The van der Waals surface area contributed by atoms with E-state index in [2.05, 4.69) is 25.3 Å². The first-order valence-electron chi connectivity index (χ1n) is 6.03. The van der Waals surface area contributed by atoms with Crippen molar-refractivity contribution in [2.45, 2.75) is 19.9 Å². The number of aromatic nitrogens is 5. The van der Waals surface area contributed by atoms with E-state index in [0.717, 1.165) is 12.2 Å². The molecule has 2 rings (SSSR count). The van der Waals surface area contributed by atoms with Crippen LogP contribution in [0.2, 0.25) is 0 Å². The SMILES string of the molecule is CCCOc1nc(N)nc(NCc2nccn2C)n1. The normalized spacial score (nSPS) is 10.4. The van der Waals surface area contributed by atoms with Crippen LogP contribution in [-0.4, -0.2) is 31.1 Å². The maximum absolute atomic E-state index is 5.61. The van der Waals surface area contributed by atoms with Gasteiger partial charge in [-0.15, -0.1) is 0 Å². The summed E-state index contributed by atoms with van der Waals surface area (Å²) in [7, 11) is 1.92. The lowest BCUT2D eigenvalue weighted by Gasteiger charge is -2.07. The summed E-state index contributed by atoms with van der Waals surface area (Å²) in [6.45, 7) is 3.05. The number of imidazole rings is 1. The number of rotatable bonds is 6. The summed E-state index contributed by atoms with van der Waals surface area (Å²) in [6, 6.07) is 0.233. The highest BCUT2D eigenvalue weighted by Gasteiger charge is 2.06. The highest BCUT2D eigenvalue weighted by molar-refractivity contribution is 5.32. The molecule has 0 radical (unpaired) electrons. The predicted octanol–water partition coefficient (Wildman–Crippen LogP) is 0.588. The molecule has 0 aliphatic heterocycles. The Morgan fingerprint density at radius 3 is 2.89 bits per heavy atom. The summed E-state index contributed by atoms with van der Waals surface area (Å²) in [5.74, 6) is 1.38. The van der Waals surface area contributed by atoms with Crippen LogP contribution in [0.25, 0.3) is 0 Å². The van der Waals surface area contributed by atoms with E-state index < -0.39 is 0 Å². The van der Waals surface area contributed by atoms with Crippen LogP contribution >= 0.6 is 0 Å². The fourth-order valence-electron chi connectivity index (χ4n) is 1.43. The van der Waals surface area contributed by atoms with Crippen molar-refractivity contribution in [2.24, 2.45) is 7.05 Å². The van der Waals surface area contributed by atoms with Crippen molar-refractivity contribution in [2.75, 3.05) is 17.7 Å². The van der Waals surface area contributed by atoms with E-state index in [1.807, 2.05) is 24.7 Å². The summed E-state index contributed by atoms with van der Waals surface area (Å²) in [5, 5.41) is 3.04. The molecule has 2 heterocycles. The zero-order chi connectivity index (χ0) is 13.7. The number of aryl methyl sites for hydroxylation is 1. The lowest BCUT2D eigenvalue weighted by Crippen LogP contribution is -2.11. The molecule has 8 heteroatoms. The Morgan fingerprint density at radius 1 is 1.37 bits per heavy atom. The van der Waals surface area contributed by atoms with Crippen molar-refractivity contribution in [1.29, 1.82) is 0 Å². The molecule has 0 unspecified atom stereocenters. The molecule has 0 amide bonds. The average molecular weight is 263 g/mol. The van der Waals surface area contributed by atoms with Crippen LogP contribution in [0.4, 0.5) is 11.9 Å². The van der Waals surface area contributed by atoms with Gasteiger partial charge in [-0.05, 0) is 6.42 Å². The van der Waals surface area contributed by atoms with Gasteiger partial charge < -0.3 is 20.4 Å². The molecular formula is C11H17N7O. The molecule has 0 atom stereocenters. The van der Waals surface area contributed by atoms with Crippen LogP contribution in [0.15, 0.2) is 12.4 Å². The van der Waals surface area contributed by atoms with Crippen LogP contribution in [0.1, 0.15) is 19.2 Å². The van der Waals surface area contributed by atoms with Crippen molar-refractivity contribution in [3.05, 3.63) is 18.2 Å². The van der Waals surface area contributed by atoms with E-state index in [9.17, 15) is 0 Å². The molecule has 0 fully saturated rings. The maximum Gasteiger partial charge on any atom is 0.323 e. The van der Waals surface area contributed by atoms with Crippen molar-refractivity contribution in [3.8, 4) is 6.01 Å². The number of nitrogens with two attached hydrogens (primary N) is 1. The molecule has 0 bridgehead atoms. The van der Waals surface area contributed by atoms with Gasteiger partial charge in [0.25, 0.3) is 0 Å². The minimum absolute atomic E-state index is 0.128. The Bertz CT molecular complexity index is 540. The lowest BCUT2D eigenvalue weighted by atomic mass is 10.5. The molecular weight excluding hydrogens is 246 g/mol. The van der Waals surface area contributed by atoms with Gasteiger partial charge in [-0.1, -0.05) is 6.92 Å². The van der Waals surface area contributed by atoms with E-state index >= 15 is 0 Å². The molecule has 0 aliphatic rings. The third-order valence-corrected chi connectivity index (χ3v) is 2.39. The monoisotopic (exact) mass is 263 g/mol. The van der Waals surface area contributed by atoms with Crippen molar-refractivity contribution < 1.29 is 4.74 Å². The Hall–Kier alpha value is -2.38. The molecule has 8 nitrogen and oxygen atoms in total. The first-order valence-corrected chi connectivity index (χ1v) is 6.03. The molecule has 0 spiro atoms. The van der Waals surface area contributed by atoms with Crippen LogP contribution in [0.3, 0.4) is 0 Å². The Kier molecular flexibility index (Phi) is 4.11. The molecule has 0 aliphatic carbocycles. The number of nitrogens with one attached hydrogen (secondary N) is 1. The Morgan fingerprint density at radius 2 is 2.21 bits per heavy atom. The number of anilines is 2. The van der Waals surface area contributed by atoms with Crippen LogP contribution in [-0.2, 0) is 13.6 Å². The van der Waals surface area contributed by atoms with Gasteiger partial charge in [0.1, 0.15) is 5.82 Å². The quantitative estimate of drug-likeness (QED) is 0.785. The van der Waals surface area contributed by atoms with Gasteiger partial charge in [0.2, 0.25) is 11.9 Å². The maximum atomic E-state index is 5.61. The van der Waals surface area contributed by atoms with E-state index in [1.54, 1.807) is 6.20 Å². The van der Waals surface area contributed by atoms with Crippen molar-refractivity contribution in [3.63, 3.8) is 0 Å². The van der Waals surface area contributed by atoms with Crippen LogP contribution in [0, 0.1) is 0 Å². The predicted molar refractivity (Wildman–Crippen MR) is 70.6 cm³/mol. The first kappa shape index (κ1) is 13.1. The van der Waals surface area contributed by atoms with E-state index in [-0.39, 0.29) is 12.0 Å². The second-order valence-electron chi connectivity index (χ2n) is 3.96. The summed E-state index contributed by atoms with van der Waals surface area (Å²) >= 11 is 0. The van der Waals surface area contributed by atoms with Gasteiger partial charge in [0, 0.05) is 19.4 Å². The van der Waals surface area contributed by atoms with Crippen molar-refractivity contribution >= 4 is 11.9 Å². The molecule has 19 heavy (non-hydrogen) atoms. The number of hydrogen-bond donors (Lipinski definition) is 2.